The Kier molecular flexibility index (Phi) is 8.81. The number of aliphatic hydroxyl groups excluding tert-OH is 1. The van der Waals surface area contributed by atoms with Gasteiger partial charge in [-0.1, -0.05) is 27.7 Å². The smallest absolute Gasteiger partial charge is 0.188 e. The Morgan fingerprint density at radius 2 is 1.94 bits per heavy atom. The summed E-state index contributed by atoms with van der Waals surface area (Å²) in [4.78, 5) is 4.43. The van der Waals surface area contributed by atoms with E-state index < -0.39 is 0 Å². The van der Waals surface area contributed by atoms with Gasteiger partial charge >= 0.3 is 0 Å². The number of nitrogens with two attached hydrogens (primary N) is 1. The summed E-state index contributed by atoms with van der Waals surface area (Å²) in [5.41, 5.74) is 5.95. The lowest BCUT2D eigenvalue weighted by Crippen LogP contribution is -2.35. The van der Waals surface area contributed by atoms with Crippen molar-refractivity contribution in [3.05, 3.63) is 0 Å². The van der Waals surface area contributed by atoms with Gasteiger partial charge in [-0.25, -0.2) is 0 Å². The summed E-state index contributed by atoms with van der Waals surface area (Å²) in [5.74, 6) is 1.20. The van der Waals surface area contributed by atoms with E-state index in [1.165, 1.54) is 0 Å². The zero-order valence-corrected chi connectivity index (χ0v) is 12.5. The van der Waals surface area contributed by atoms with Gasteiger partial charge in [-0.15, -0.1) is 0 Å². The highest BCUT2D eigenvalue weighted by atomic mass is 16.3. The fraction of sp³-hybridized carbons (Fsp3) is 0.929. The van der Waals surface area contributed by atoms with E-state index in [-0.39, 0.29) is 12.0 Å². The van der Waals surface area contributed by atoms with Crippen LogP contribution >= 0.6 is 0 Å². The van der Waals surface area contributed by atoms with Crippen LogP contribution in [0.25, 0.3) is 0 Å². The molecule has 0 fully saturated rings. The number of aliphatic imine (C=N–C) groups is 1. The number of guanidine groups is 1. The van der Waals surface area contributed by atoms with Crippen LogP contribution in [0.1, 0.15) is 53.4 Å². The first-order chi connectivity index (χ1) is 8.49. The third-order valence-corrected chi connectivity index (χ3v) is 3.75. The van der Waals surface area contributed by atoms with Gasteiger partial charge < -0.3 is 16.2 Å². The van der Waals surface area contributed by atoms with E-state index in [2.05, 4.69) is 38.0 Å². The minimum absolute atomic E-state index is 0.0963. The maximum atomic E-state index is 9.14. The van der Waals surface area contributed by atoms with Gasteiger partial charge in [0.15, 0.2) is 5.96 Å². The Morgan fingerprint density at radius 1 is 1.33 bits per heavy atom. The molecule has 18 heavy (non-hydrogen) atoms. The molecule has 0 aliphatic carbocycles. The van der Waals surface area contributed by atoms with Gasteiger partial charge in [0, 0.05) is 19.7 Å². The van der Waals surface area contributed by atoms with Crippen LogP contribution in [0, 0.1) is 11.3 Å². The van der Waals surface area contributed by atoms with Crippen LogP contribution in [0.15, 0.2) is 4.99 Å². The Bertz CT molecular complexity index is 235. The van der Waals surface area contributed by atoms with Crippen molar-refractivity contribution in [3.8, 4) is 0 Å². The van der Waals surface area contributed by atoms with Gasteiger partial charge in [0.25, 0.3) is 0 Å². The van der Waals surface area contributed by atoms with E-state index in [9.17, 15) is 0 Å². The van der Waals surface area contributed by atoms with Crippen molar-refractivity contribution in [1.82, 2.24) is 5.32 Å². The summed E-state index contributed by atoms with van der Waals surface area (Å²) < 4.78 is 0. The zero-order valence-electron chi connectivity index (χ0n) is 12.5. The minimum Gasteiger partial charge on any atom is -0.396 e. The first-order valence-corrected chi connectivity index (χ1v) is 7.14. The molecule has 0 spiro atoms. The highest BCUT2D eigenvalue weighted by Gasteiger charge is 2.25. The molecule has 0 rings (SSSR count). The molecule has 108 valence electrons. The highest BCUT2D eigenvalue weighted by Crippen LogP contribution is 2.30. The Labute approximate surface area is 112 Å². The van der Waals surface area contributed by atoms with Crippen molar-refractivity contribution in [2.24, 2.45) is 22.1 Å². The molecule has 0 aromatic rings. The van der Waals surface area contributed by atoms with Crippen molar-refractivity contribution in [3.63, 3.8) is 0 Å². The average Bonchev–Trinajstić information content (AvgIpc) is 2.34. The third kappa shape index (κ3) is 6.84. The van der Waals surface area contributed by atoms with Crippen LogP contribution in [0.4, 0.5) is 0 Å². The van der Waals surface area contributed by atoms with Gasteiger partial charge in [-0.05, 0) is 37.0 Å². The molecular weight excluding hydrogens is 226 g/mol. The standard InChI is InChI=1S/C14H31N3O/c1-5-14(6-2,8-10-18)11-17-13(15)16-9-7-12(3)4/h12,18H,5-11H2,1-4H3,(H3,15,16,17). The van der Waals surface area contributed by atoms with Crippen LogP contribution in [0.2, 0.25) is 0 Å². The van der Waals surface area contributed by atoms with Crippen molar-refractivity contribution in [1.29, 1.82) is 0 Å². The largest absolute Gasteiger partial charge is 0.396 e. The molecule has 0 bridgehead atoms. The normalized spacial score (nSPS) is 13.1. The molecule has 0 unspecified atom stereocenters. The molecule has 4 heteroatoms. The Balaban J connectivity index is 4.21. The number of hydrogen-bond donors (Lipinski definition) is 3. The predicted octanol–water partition coefficient (Wildman–Crippen LogP) is 2.13. The van der Waals surface area contributed by atoms with E-state index in [1.54, 1.807) is 0 Å². The second-order valence-electron chi connectivity index (χ2n) is 5.49. The summed E-state index contributed by atoms with van der Waals surface area (Å²) in [6.07, 6.45) is 3.93. The fourth-order valence-corrected chi connectivity index (χ4v) is 1.94. The second-order valence-corrected chi connectivity index (χ2v) is 5.49. The van der Waals surface area contributed by atoms with Gasteiger partial charge in [0.05, 0.1) is 0 Å². The fourth-order valence-electron chi connectivity index (χ4n) is 1.94. The molecule has 0 aliphatic rings. The second kappa shape index (κ2) is 9.20. The molecule has 0 atom stereocenters. The number of aliphatic hydroxyl groups is 1. The molecule has 0 aromatic heterocycles. The SMILES string of the molecule is CCC(CC)(CCO)CN=C(N)NCCC(C)C. The molecule has 0 aromatic carbocycles. The van der Waals surface area contributed by atoms with Crippen molar-refractivity contribution in [2.45, 2.75) is 53.4 Å². The van der Waals surface area contributed by atoms with E-state index in [0.717, 1.165) is 32.2 Å². The third-order valence-electron chi connectivity index (χ3n) is 3.75. The quantitative estimate of drug-likeness (QED) is 0.438. The van der Waals surface area contributed by atoms with E-state index in [4.69, 9.17) is 10.8 Å². The molecule has 0 saturated carbocycles. The lowest BCUT2D eigenvalue weighted by Gasteiger charge is -2.29. The minimum atomic E-state index is 0.0963. The van der Waals surface area contributed by atoms with Crippen molar-refractivity contribution in [2.75, 3.05) is 19.7 Å². The zero-order chi connectivity index (χ0) is 14.0. The molecule has 0 aliphatic heterocycles. The molecule has 0 amide bonds. The van der Waals surface area contributed by atoms with Crippen LogP contribution in [-0.2, 0) is 0 Å². The van der Waals surface area contributed by atoms with Gasteiger partial charge in [0.2, 0.25) is 0 Å². The number of nitrogens with zero attached hydrogens (tertiary/aromatic N) is 1. The van der Waals surface area contributed by atoms with Crippen LogP contribution < -0.4 is 11.1 Å². The van der Waals surface area contributed by atoms with Gasteiger partial charge in [0.1, 0.15) is 0 Å². The number of rotatable bonds is 9. The molecular formula is C14H31N3O. The molecule has 0 heterocycles. The van der Waals surface area contributed by atoms with E-state index in [0.29, 0.717) is 18.4 Å². The number of nitrogens with one attached hydrogen (secondary N) is 1. The van der Waals surface area contributed by atoms with Crippen molar-refractivity contribution < 1.29 is 5.11 Å². The molecule has 4 N–H and O–H groups in total. The molecule has 0 saturated heterocycles. The average molecular weight is 257 g/mol. The van der Waals surface area contributed by atoms with Crippen molar-refractivity contribution >= 4 is 5.96 Å². The van der Waals surface area contributed by atoms with E-state index >= 15 is 0 Å². The maximum Gasteiger partial charge on any atom is 0.188 e. The summed E-state index contributed by atoms with van der Waals surface area (Å²) in [6.45, 7) is 10.5. The summed E-state index contributed by atoms with van der Waals surface area (Å²) >= 11 is 0. The molecule has 0 radical (unpaired) electrons. The first-order valence-electron chi connectivity index (χ1n) is 7.14. The first kappa shape index (κ1) is 17.2. The van der Waals surface area contributed by atoms with E-state index in [1.807, 2.05) is 0 Å². The highest BCUT2D eigenvalue weighted by molar-refractivity contribution is 5.77. The van der Waals surface area contributed by atoms with Crippen LogP contribution in [0.3, 0.4) is 0 Å². The van der Waals surface area contributed by atoms with Gasteiger partial charge in [-0.2, -0.15) is 0 Å². The topological polar surface area (TPSA) is 70.6 Å². The predicted molar refractivity (Wildman–Crippen MR) is 78.7 cm³/mol. The Morgan fingerprint density at radius 3 is 2.39 bits per heavy atom. The lowest BCUT2D eigenvalue weighted by atomic mass is 9.79. The van der Waals surface area contributed by atoms with Crippen LogP contribution in [-0.4, -0.2) is 30.8 Å². The van der Waals surface area contributed by atoms with Gasteiger partial charge in [-0.3, -0.25) is 4.99 Å². The monoisotopic (exact) mass is 257 g/mol. The summed E-state index contributed by atoms with van der Waals surface area (Å²) in [7, 11) is 0. The Hall–Kier alpha value is -0.770. The lowest BCUT2D eigenvalue weighted by molar-refractivity contribution is 0.175. The maximum absolute atomic E-state index is 9.14. The summed E-state index contributed by atoms with van der Waals surface area (Å²) in [6, 6.07) is 0. The summed E-state index contributed by atoms with van der Waals surface area (Å²) in [5, 5.41) is 12.3. The number of hydrogen-bond acceptors (Lipinski definition) is 2. The molecule has 4 nitrogen and oxygen atoms in total. The van der Waals surface area contributed by atoms with Crippen LogP contribution in [0.5, 0.6) is 0 Å².